The predicted octanol–water partition coefficient (Wildman–Crippen LogP) is 1.85. The number of rotatable bonds is 5. The van der Waals surface area contributed by atoms with Gasteiger partial charge in [-0.05, 0) is 12.5 Å². The summed E-state index contributed by atoms with van der Waals surface area (Å²) in [4.78, 5) is 22.8. The predicted molar refractivity (Wildman–Crippen MR) is 66.6 cm³/mol. The number of Topliss-reactive ketones (excluding diaryl/α,β-unsaturated/α-hetero) is 1. The highest BCUT2D eigenvalue weighted by molar-refractivity contribution is 5.87. The van der Waals surface area contributed by atoms with Crippen molar-refractivity contribution < 1.29 is 9.59 Å². The summed E-state index contributed by atoms with van der Waals surface area (Å²) in [6.45, 7) is 3.93. The van der Waals surface area contributed by atoms with Crippen molar-refractivity contribution in [1.82, 2.24) is 10.6 Å². The van der Waals surface area contributed by atoms with Crippen LogP contribution in [0, 0.1) is 0 Å². The number of ketones is 1. The Morgan fingerprint density at radius 2 is 1.88 bits per heavy atom. The van der Waals surface area contributed by atoms with Crippen LogP contribution in [0.4, 0.5) is 4.79 Å². The molecule has 0 aliphatic heterocycles. The summed E-state index contributed by atoms with van der Waals surface area (Å²) in [5.41, 5.74) is 1.03. The maximum atomic E-state index is 11.5. The van der Waals surface area contributed by atoms with Gasteiger partial charge in [0.2, 0.25) is 0 Å². The molecule has 0 aliphatic rings. The fourth-order valence-corrected chi connectivity index (χ4v) is 1.41. The van der Waals surface area contributed by atoms with Gasteiger partial charge in [-0.1, -0.05) is 37.3 Å². The second-order valence-electron chi connectivity index (χ2n) is 3.85. The van der Waals surface area contributed by atoms with E-state index < -0.39 is 6.04 Å². The molecule has 2 amide bonds. The van der Waals surface area contributed by atoms with Crippen molar-refractivity contribution in [3.63, 3.8) is 0 Å². The molecule has 1 aromatic rings. The molecule has 0 spiro atoms. The van der Waals surface area contributed by atoms with Crippen LogP contribution in [0.5, 0.6) is 0 Å². The third-order valence-electron chi connectivity index (χ3n) is 2.47. The standard InChI is InChI=1S/C13H18N2O2/c1-3-12(16)10(2)15-13(17)14-9-11-7-5-4-6-8-11/h4-8,10H,3,9H2,1-2H3,(H2,14,15,17). The van der Waals surface area contributed by atoms with E-state index in [9.17, 15) is 9.59 Å². The monoisotopic (exact) mass is 234 g/mol. The zero-order chi connectivity index (χ0) is 12.7. The second-order valence-corrected chi connectivity index (χ2v) is 3.85. The van der Waals surface area contributed by atoms with Gasteiger partial charge >= 0.3 is 6.03 Å². The molecule has 4 nitrogen and oxygen atoms in total. The maximum absolute atomic E-state index is 11.5. The van der Waals surface area contributed by atoms with Crippen molar-refractivity contribution in [1.29, 1.82) is 0 Å². The van der Waals surface area contributed by atoms with Crippen LogP contribution >= 0.6 is 0 Å². The highest BCUT2D eigenvalue weighted by atomic mass is 16.2. The summed E-state index contributed by atoms with van der Waals surface area (Å²) in [5, 5.41) is 5.31. The van der Waals surface area contributed by atoms with Crippen LogP contribution in [-0.4, -0.2) is 17.9 Å². The normalized spacial score (nSPS) is 11.6. The Morgan fingerprint density at radius 3 is 2.47 bits per heavy atom. The molecule has 0 saturated heterocycles. The van der Waals surface area contributed by atoms with Gasteiger partial charge in [-0.3, -0.25) is 4.79 Å². The van der Waals surface area contributed by atoms with Crippen molar-refractivity contribution in [2.75, 3.05) is 0 Å². The molecule has 1 atom stereocenters. The quantitative estimate of drug-likeness (QED) is 0.817. The molecule has 0 saturated carbocycles. The van der Waals surface area contributed by atoms with Gasteiger partial charge in [0.15, 0.2) is 5.78 Å². The van der Waals surface area contributed by atoms with Crippen molar-refractivity contribution in [3.8, 4) is 0 Å². The number of benzene rings is 1. The third kappa shape index (κ3) is 4.68. The lowest BCUT2D eigenvalue weighted by atomic mass is 10.2. The average molecular weight is 234 g/mol. The van der Waals surface area contributed by atoms with Crippen LogP contribution in [0.15, 0.2) is 30.3 Å². The second kappa shape index (κ2) is 6.68. The Balaban J connectivity index is 2.33. The van der Waals surface area contributed by atoms with E-state index in [-0.39, 0.29) is 11.8 Å². The summed E-state index contributed by atoms with van der Waals surface area (Å²) in [5.74, 6) is 0.0276. The van der Waals surface area contributed by atoms with Gasteiger partial charge in [0.05, 0.1) is 6.04 Å². The van der Waals surface area contributed by atoms with E-state index in [0.29, 0.717) is 13.0 Å². The van der Waals surface area contributed by atoms with Crippen LogP contribution in [0.1, 0.15) is 25.8 Å². The Bertz CT molecular complexity index is 376. The van der Waals surface area contributed by atoms with Gasteiger partial charge in [0.1, 0.15) is 0 Å². The summed E-state index contributed by atoms with van der Waals surface area (Å²) < 4.78 is 0. The molecule has 0 fully saturated rings. The summed E-state index contributed by atoms with van der Waals surface area (Å²) in [7, 11) is 0. The fourth-order valence-electron chi connectivity index (χ4n) is 1.41. The smallest absolute Gasteiger partial charge is 0.315 e. The third-order valence-corrected chi connectivity index (χ3v) is 2.47. The largest absolute Gasteiger partial charge is 0.334 e. The van der Waals surface area contributed by atoms with Gasteiger partial charge in [-0.25, -0.2) is 4.79 Å². The molecule has 2 N–H and O–H groups in total. The molecule has 0 aliphatic carbocycles. The van der Waals surface area contributed by atoms with Crippen LogP contribution < -0.4 is 10.6 Å². The Kier molecular flexibility index (Phi) is 5.20. The van der Waals surface area contributed by atoms with Crippen LogP contribution in [0.25, 0.3) is 0 Å². The van der Waals surface area contributed by atoms with Crippen molar-refractivity contribution >= 4 is 11.8 Å². The number of carbonyl (C=O) groups excluding carboxylic acids is 2. The van der Waals surface area contributed by atoms with Crippen LogP contribution in [0.2, 0.25) is 0 Å². The molecule has 0 aromatic heterocycles. The van der Waals surface area contributed by atoms with Crippen molar-refractivity contribution in [2.24, 2.45) is 0 Å². The first-order valence-electron chi connectivity index (χ1n) is 5.74. The number of hydrogen-bond donors (Lipinski definition) is 2. The summed E-state index contributed by atoms with van der Waals surface area (Å²) in [6.07, 6.45) is 0.431. The van der Waals surface area contributed by atoms with E-state index >= 15 is 0 Å². The van der Waals surface area contributed by atoms with Crippen LogP contribution in [0.3, 0.4) is 0 Å². The molecule has 1 rings (SSSR count). The molecule has 4 heteroatoms. The number of hydrogen-bond acceptors (Lipinski definition) is 2. The maximum Gasteiger partial charge on any atom is 0.315 e. The topological polar surface area (TPSA) is 58.2 Å². The molecule has 1 unspecified atom stereocenters. The van der Waals surface area contributed by atoms with Crippen molar-refractivity contribution in [2.45, 2.75) is 32.9 Å². The van der Waals surface area contributed by atoms with E-state index in [2.05, 4.69) is 10.6 Å². The van der Waals surface area contributed by atoms with E-state index in [1.165, 1.54) is 0 Å². The zero-order valence-electron chi connectivity index (χ0n) is 10.2. The molecule has 92 valence electrons. The molecule has 1 aromatic carbocycles. The number of amides is 2. The molecule has 0 bridgehead atoms. The number of urea groups is 1. The highest BCUT2D eigenvalue weighted by Gasteiger charge is 2.12. The molecule has 17 heavy (non-hydrogen) atoms. The zero-order valence-corrected chi connectivity index (χ0v) is 10.2. The van der Waals surface area contributed by atoms with Gasteiger partial charge in [0, 0.05) is 13.0 Å². The Hall–Kier alpha value is -1.84. The van der Waals surface area contributed by atoms with Gasteiger partial charge in [-0.2, -0.15) is 0 Å². The molecule has 0 radical (unpaired) electrons. The first-order chi connectivity index (χ1) is 8.13. The first-order valence-corrected chi connectivity index (χ1v) is 5.74. The fraction of sp³-hybridized carbons (Fsp3) is 0.385. The lowest BCUT2D eigenvalue weighted by Gasteiger charge is -2.12. The Morgan fingerprint density at radius 1 is 1.24 bits per heavy atom. The van der Waals surface area contributed by atoms with Gasteiger partial charge in [0.25, 0.3) is 0 Å². The van der Waals surface area contributed by atoms with E-state index in [0.717, 1.165) is 5.56 Å². The lowest BCUT2D eigenvalue weighted by Crippen LogP contribution is -2.43. The number of carbonyl (C=O) groups is 2. The van der Waals surface area contributed by atoms with Crippen molar-refractivity contribution in [3.05, 3.63) is 35.9 Å². The highest BCUT2D eigenvalue weighted by Crippen LogP contribution is 1.97. The SMILES string of the molecule is CCC(=O)C(C)NC(=O)NCc1ccccc1. The Labute approximate surface area is 101 Å². The minimum atomic E-state index is -0.434. The van der Waals surface area contributed by atoms with E-state index in [1.54, 1.807) is 13.8 Å². The minimum absolute atomic E-state index is 0.0276. The average Bonchev–Trinajstić information content (AvgIpc) is 2.36. The number of nitrogens with one attached hydrogen (secondary N) is 2. The first kappa shape index (κ1) is 13.2. The van der Waals surface area contributed by atoms with E-state index in [1.807, 2.05) is 30.3 Å². The molecular formula is C13H18N2O2. The van der Waals surface area contributed by atoms with Crippen LogP contribution in [-0.2, 0) is 11.3 Å². The lowest BCUT2D eigenvalue weighted by molar-refractivity contribution is -0.120. The minimum Gasteiger partial charge on any atom is -0.334 e. The summed E-state index contributed by atoms with van der Waals surface area (Å²) >= 11 is 0. The van der Waals surface area contributed by atoms with Gasteiger partial charge in [-0.15, -0.1) is 0 Å². The van der Waals surface area contributed by atoms with E-state index in [4.69, 9.17) is 0 Å². The molecule has 0 heterocycles. The summed E-state index contributed by atoms with van der Waals surface area (Å²) in [6, 6.07) is 8.86. The van der Waals surface area contributed by atoms with Gasteiger partial charge < -0.3 is 10.6 Å². The molecular weight excluding hydrogens is 216 g/mol.